The monoisotopic (exact) mass is 276 g/mol. The highest BCUT2D eigenvalue weighted by Gasteiger charge is 2.13. The molecule has 0 spiro atoms. The van der Waals surface area contributed by atoms with Crippen molar-refractivity contribution in [1.82, 2.24) is 5.32 Å². The molecule has 110 valence electrons. The number of nitrogens with zero attached hydrogens (tertiary/aromatic N) is 1. The molecule has 0 aliphatic carbocycles. The molecule has 4 nitrogen and oxygen atoms in total. The molecular weight excluding hydrogens is 252 g/mol. The first-order chi connectivity index (χ1) is 9.39. The molecule has 0 aliphatic heterocycles. The topological polar surface area (TPSA) is 54.3 Å². The summed E-state index contributed by atoms with van der Waals surface area (Å²) in [4.78, 5) is 0. The predicted octanol–water partition coefficient (Wildman–Crippen LogP) is 3.26. The van der Waals surface area contributed by atoms with E-state index in [-0.39, 0.29) is 5.54 Å². The van der Waals surface area contributed by atoms with Crippen LogP contribution in [0.15, 0.2) is 18.2 Å². The van der Waals surface area contributed by atoms with Crippen LogP contribution in [0.5, 0.6) is 11.5 Å². The molecule has 0 amide bonds. The first-order valence-corrected chi connectivity index (χ1v) is 6.87. The lowest BCUT2D eigenvalue weighted by Crippen LogP contribution is -2.35. The summed E-state index contributed by atoms with van der Waals surface area (Å²) in [5, 5.41) is 12.4. The van der Waals surface area contributed by atoms with Crippen LogP contribution >= 0.6 is 0 Å². The summed E-state index contributed by atoms with van der Waals surface area (Å²) in [5.74, 6) is 1.27. The van der Waals surface area contributed by atoms with Crippen LogP contribution < -0.4 is 14.8 Å². The van der Waals surface area contributed by atoms with Crippen LogP contribution in [0, 0.1) is 11.3 Å². The Kier molecular flexibility index (Phi) is 5.84. The third-order valence-corrected chi connectivity index (χ3v) is 2.83. The van der Waals surface area contributed by atoms with Crippen molar-refractivity contribution in [3.63, 3.8) is 0 Å². The van der Waals surface area contributed by atoms with Gasteiger partial charge in [-0.15, -0.1) is 0 Å². The molecule has 1 atom stereocenters. The average molecular weight is 276 g/mol. The highest BCUT2D eigenvalue weighted by atomic mass is 16.5. The van der Waals surface area contributed by atoms with Crippen molar-refractivity contribution < 1.29 is 9.47 Å². The molecule has 0 fully saturated rings. The minimum Gasteiger partial charge on any atom is -0.493 e. The van der Waals surface area contributed by atoms with Crippen molar-refractivity contribution in [3.8, 4) is 17.6 Å². The largest absolute Gasteiger partial charge is 0.493 e. The van der Waals surface area contributed by atoms with Crippen molar-refractivity contribution in [2.24, 2.45) is 0 Å². The Bertz CT molecular complexity index is 472. The van der Waals surface area contributed by atoms with E-state index in [1.807, 2.05) is 25.1 Å². The second-order valence-corrected chi connectivity index (χ2v) is 5.73. The fourth-order valence-electron chi connectivity index (χ4n) is 1.64. The second-order valence-electron chi connectivity index (χ2n) is 5.73. The molecule has 1 unspecified atom stereocenters. The van der Waals surface area contributed by atoms with Gasteiger partial charge in [-0.1, -0.05) is 13.0 Å². The van der Waals surface area contributed by atoms with Gasteiger partial charge in [0.05, 0.1) is 7.11 Å². The van der Waals surface area contributed by atoms with Crippen molar-refractivity contribution in [2.75, 3.05) is 7.11 Å². The third-order valence-electron chi connectivity index (χ3n) is 2.83. The Morgan fingerprint density at radius 3 is 2.50 bits per heavy atom. The lowest BCUT2D eigenvalue weighted by atomic mass is 10.1. The molecule has 1 rings (SSSR count). The Morgan fingerprint density at radius 2 is 2.00 bits per heavy atom. The fourth-order valence-corrected chi connectivity index (χ4v) is 1.64. The maximum Gasteiger partial charge on any atom is 0.184 e. The molecule has 1 N–H and O–H groups in total. The van der Waals surface area contributed by atoms with E-state index in [0.29, 0.717) is 17.9 Å². The van der Waals surface area contributed by atoms with Crippen LogP contribution in [-0.2, 0) is 6.54 Å². The number of hydrogen-bond donors (Lipinski definition) is 1. The van der Waals surface area contributed by atoms with E-state index in [2.05, 4.69) is 32.2 Å². The van der Waals surface area contributed by atoms with Crippen molar-refractivity contribution in [1.29, 1.82) is 5.26 Å². The summed E-state index contributed by atoms with van der Waals surface area (Å²) in [5.41, 5.74) is 1.16. The number of methoxy groups -OCH3 is 1. The lowest BCUT2D eigenvalue weighted by molar-refractivity contribution is 0.238. The normalized spacial score (nSPS) is 12.6. The Balaban J connectivity index is 2.88. The van der Waals surface area contributed by atoms with Gasteiger partial charge in [0.25, 0.3) is 0 Å². The first kappa shape index (κ1) is 16.3. The molecule has 0 aromatic heterocycles. The van der Waals surface area contributed by atoms with Crippen LogP contribution in [0.25, 0.3) is 0 Å². The van der Waals surface area contributed by atoms with E-state index < -0.39 is 6.10 Å². The van der Waals surface area contributed by atoms with Crippen molar-refractivity contribution in [3.05, 3.63) is 23.8 Å². The van der Waals surface area contributed by atoms with E-state index in [9.17, 15) is 0 Å². The van der Waals surface area contributed by atoms with Gasteiger partial charge in [-0.3, -0.25) is 0 Å². The SMILES string of the molecule is CCC(C#N)Oc1cc(CNC(C)(C)C)ccc1OC. The first-order valence-electron chi connectivity index (χ1n) is 6.87. The zero-order valence-corrected chi connectivity index (χ0v) is 13.0. The zero-order valence-electron chi connectivity index (χ0n) is 13.0. The van der Waals surface area contributed by atoms with Gasteiger partial charge in [0.15, 0.2) is 17.6 Å². The van der Waals surface area contributed by atoms with Crippen LogP contribution in [0.3, 0.4) is 0 Å². The molecule has 20 heavy (non-hydrogen) atoms. The average Bonchev–Trinajstić information content (AvgIpc) is 2.41. The minimum atomic E-state index is -0.449. The van der Waals surface area contributed by atoms with Gasteiger partial charge in [-0.05, 0) is 44.9 Å². The Labute approximate surface area is 121 Å². The van der Waals surface area contributed by atoms with Gasteiger partial charge >= 0.3 is 0 Å². The van der Waals surface area contributed by atoms with Gasteiger partial charge in [-0.25, -0.2) is 0 Å². The molecular formula is C16H24N2O2. The summed E-state index contributed by atoms with van der Waals surface area (Å²) in [6.07, 6.45) is 0.194. The Morgan fingerprint density at radius 1 is 1.30 bits per heavy atom. The predicted molar refractivity (Wildman–Crippen MR) is 79.9 cm³/mol. The van der Waals surface area contributed by atoms with E-state index in [1.54, 1.807) is 7.11 Å². The molecule has 1 aromatic carbocycles. The molecule has 0 bridgehead atoms. The molecule has 0 saturated heterocycles. The summed E-state index contributed by atoms with van der Waals surface area (Å²) >= 11 is 0. The summed E-state index contributed by atoms with van der Waals surface area (Å²) < 4.78 is 11.0. The molecule has 0 saturated carbocycles. The van der Waals surface area contributed by atoms with Crippen LogP contribution in [0.2, 0.25) is 0 Å². The maximum absolute atomic E-state index is 9.00. The summed E-state index contributed by atoms with van der Waals surface area (Å²) in [6, 6.07) is 7.93. The number of nitrogens with one attached hydrogen (secondary N) is 1. The number of nitriles is 1. The van der Waals surface area contributed by atoms with E-state index >= 15 is 0 Å². The fraction of sp³-hybridized carbons (Fsp3) is 0.562. The maximum atomic E-state index is 9.00. The zero-order chi connectivity index (χ0) is 15.2. The van der Waals surface area contributed by atoms with E-state index in [1.165, 1.54) is 0 Å². The van der Waals surface area contributed by atoms with Crippen LogP contribution in [0.1, 0.15) is 39.7 Å². The quantitative estimate of drug-likeness (QED) is 0.866. The molecule has 0 aliphatic rings. The Hall–Kier alpha value is -1.73. The number of benzene rings is 1. The number of hydrogen-bond acceptors (Lipinski definition) is 4. The van der Waals surface area contributed by atoms with Crippen molar-refractivity contribution >= 4 is 0 Å². The lowest BCUT2D eigenvalue weighted by Gasteiger charge is -2.21. The molecule has 0 heterocycles. The number of ether oxygens (including phenoxy) is 2. The highest BCUT2D eigenvalue weighted by molar-refractivity contribution is 5.43. The standard InChI is InChI=1S/C16H24N2O2/c1-6-13(10-17)20-15-9-12(7-8-14(15)19-5)11-18-16(2,3)4/h7-9,13,18H,6,11H2,1-5H3. The van der Waals surface area contributed by atoms with Crippen LogP contribution in [0.4, 0.5) is 0 Å². The van der Waals surface area contributed by atoms with E-state index in [0.717, 1.165) is 12.1 Å². The molecule has 0 radical (unpaired) electrons. The molecule has 1 aromatic rings. The van der Waals surface area contributed by atoms with Crippen molar-refractivity contribution in [2.45, 2.75) is 52.3 Å². The number of rotatable bonds is 6. The third kappa shape index (κ3) is 5.10. The molecule has 4 heteroatoms. The van der Waals surface area contributed by atoms with Gasteiger partial charge in [0.1, 0.15) is 6.07 Å². The van der Waals surface area contributed by atoms with Gasteiger partial charge in [0.2, 0.25) is 0 Å². The smallest absolute Gasteiger partial charge is 0.184 e. The van der Waals surface area contributed by atoms with Gasteiger partial charge < -0.3 is 14.8 Å². The van der Waals surface area contributed by atoms with Crippen LogP contribution in [-0.4, -0.2) is 18.8 Å². The second kappa shape index (κ2) is 7.16. The van der Waals surface area contributed by atoms with Gasteiger partial charge in [-0.2, -0.15) is 5.26 Å². The highest BCUT2D eigenvalue weighted by Crippen LogP contribution is 2.29. The van der Waals surface area contributed by atoms with Gasteiger partial charge in [0, 0.05) is 12.1 Å². The minimum absolute atomic E-state index is 0.0551. The summed E-state index contributed by atoms with van der Waals surface area (Å²) in [7, 11) is 1.60. The summed E-state index contributed by atoms with van der Waals surface area (Å²) in [6.45, 7) is 9.03. The van der Waals surface area contributed by atoms with E-state index in [4.69, 9.17) is 14.7 Å².